The lowest BCUT2D eigenvalue weighted by Gasteiger charge is -2.15. The lowest BCUT2D eigenvalue weighted by molar-refractivity contribution is -0.113. The van der Waals surface area contributed by atoms with Crippen molar-refractivity contribution < 1.29 is 14.3 Å². The topological polar surface area (TPSA) is 50.8 Å². The number of benzene rings is 2. The third-order valence-corrected chi connectivity index (χ3v) is 4.70. The van der Waals surface area contributed by atoms with Gasteiger partial charge in [0, 0.05) is 0 Å². The van der Waals surface area contributed by atoms with Crippen LogP contribution in [0.15, 0.2) is 48.2 Å². The van der Waals surface area contributed by atoms with Crippen molar-refractivity contribution >= 4 is 35.0 Å². The van der Waals surface area contributed by atoms with Crippen molar-refractivity contribution in [1.82, 2.24) is 5.32 Å². The minimum absolute atomic E-state index is 0.188. The normalized spacial score (nSPS) is 15.4. The Labute approximate surface area is 164 Å². The summed E-state index contributed by atoms with van der Waals surface area (Å²) in [5.74, 6) is 1.47. The summed E-state index contributed by atoms with van der Waals surface area (Å²) in [6, 6.07) is 13.3. The fraction of sp³-hybridized carbons (Fsp3) is 0.238. The maximum absolute atomic E-state index is 12.9. The van der Waals surface area contributed by atoms with Gasteiger partial charge in [-0.3, -0.25) is 9.69 Å². The zero-order valence-corrected chi connectivity index (χ0v) is 16.6. The van der Waals surface area contributed by atoms with Crippen LogP contribution in [0.1, 0.15) is 30.9 Å². The lowest BCUT2D eigenvalue weighted by atomic mass is 10.0. The van der Waals surface area contributed by atoms with E-state index in [1.165, 1.54) is 10.5 Å². The summed E-state index contributed by atoms with van der Waals surface area (Å²) in [7, 11) is 3.16. The van der Waals surface area contributed by atoms with E-state index in [-0.39, 0.29) is 5.91 Å². The van der Waals surface area contributed by atoms with Crippen molar-refractivity contribution in [3.63, 3.8) is 0 Å². The van der Waals surface area contributed by atoms with Gasteiger partial charge >= 0.3 is 0 Å². The number of carbonyl (C=O) groups excluding carboxylic acids is 1. The molecule has 1 N–H and O–H groups in total. The number of nitrogens with one attached hydrogen (secondary N) is 1. The molecule has 0 aliphatic carbocycles. The second kappa shape index (κ2) is 7.80. The number of methoxy groups -OCH3 is 2. The molecule has 1 fully saturated rings. The molecule has 5 nitrogen and oxygen atoms in total. The Bertz CT molecular complexity index is 904. The molecule has 0 spiro atoms. The smallest absolute Gasteiger partial charge is 0.281 e. The van der Waals surface area contributed by atoms with Gasteiger partial charge in [0.2, 0.25) is 0 Å². The molecule has 0 radical (unpaired) electrons. The van der Waals surface area contributed by atoms with Gasteiger partial charge in [-0.2, -0.15) is 0 Å². The monoisotopic (exact) mass is 382 g/mol. The largest absolute Gasteiger partial charge is 0.493 e. The average molecular weight is 382 g/mol. The third kappa shape index (κ3) is 3.80. The zero-order valence-electron chi connectivity index (χ0n) is 15.8. The molecule has 0 bridgehead atoms. The van der Waals surface area contributed by atoms with Crippen LogP contribution < -0.4 is 19.7 Å². The van der Waals surface area contributed by atoms with E-state index in [1.807, 2.05) is 36.4 Å². The van der Waals surface area contributed by atoms with Crippen LogP contribution in [0.25, 0.3) is 6.08 Å². The predicted molar refractivity (Wildman–Crippen MR) is 111 cm³/mol. The van der Waals surface area contributed by atoms with Gasteiger partial charge in [0.25, 0.3) is 5.91 Å². The number of anilines is 1. The van der Waals surface area contributed by atoms with Crippen molar-refractivity contribution in [2.24, 2.45) is 0 Å². The Hall–Kier alpha value is -2.86. The quantitative estimate of drug-likeness (QED) is 0.624. The van der Waals surface area contributed by atoms with Gasteiger partial charge in [0.1, 0.15) is 5.70 Å². The number of ether oxygens (including phenoxy) is 2. The molecule has 2 aromatic carbocycles. The summed E-state index contributed by atoms with van der Waals surface area (Å²) in [6.45, 7) is 4.26. The number of hydrogen-bond acceptors (Lipinski definition) is 4. The Balaban J connectivity index is 1.88. The molecule has 140 valence electrons. The molecule has 1 saturated heterocycles. The molecule has 6 heteroatoms. The molecule has 1 aliphatic rings. The summed E-state index contributed by atoms with van der Waals surface area (Å²) in [6.07, 6.45) is 1.75. The second-order valence-corrected chi connectivity index (χ2v) is 6.88. The van der Waals surface area contributed by atoms with Crippen LogP contribution in [0.3, 0.4) is 0 Å². The number of amides is 1. The van der Waals surface area contributed by atoms with Gasteiger partial charge in [-0.1, -0.05) is 32.0 Å². The minimum Gasteiger partial charge on any atom is -0.493 e. The Kier molecular flexibility index (Phi) is 5.46. The highest BCUT2D eigenvalue weighted by Gasteiger charge is 2.32. The first-order chi connectivity index (χ1) is 12.9. The molecule has 0 unspecified atom stereocenters. The molecule has 2 aromatic rings. The summed E-state index contributed by atoms with van der Waals surface area (Å²) >= 11 is 5.37. The van der Waals surface area contributed by atoms with Gasteiger partial charge in [0.05, 0.1) is 19.9 Å². The highest BCUT2D eigenvalue weighted by molar-refractivity contribution is 7.80. The Morgan fingerprint density at radius 2 is 1.70 bits per heavy atom. The number of thiocarbonyl (C=S) groups is 1. The molecule has 27 heavy (non-hydrogen) atoms. The minimum atomic E-state index is -0.188. The molecule has 1 aliphatic heterocycles. The van der Waals surface area contributed by atoms with Crippen LogP contribution in [0.5, 0.6) is 11.5 Å². The molecular formula is C21H22N2O3S. The lowest BCUT2D eigenvalue weighted by Crippen LogP contribution is -2.30. The summed E-state index contributed by atoms with van der Waals surface area (Å²) < 4.78 is 10.6. The van der Waals surface area contributed by atoms with E-state index >= 15 is 0 Å². The first-order valence-electron chi connectivity index (χ1n) is 8.63. The predicted octanol–water partition coefficient (Wildman–Crippen LogP) is 4.09. The maximum Gasteiger partial charge on any atom is 0.281 e. The molecule has 1 amide bonds. The van der Waals surface area contributed by atoms with Crippen molar-refractivity contribution in [3.05, 3.63) is 59.3 Å². The summed E-state index contributed by atoms with van der Waals surface area (Å²) in [5, 5.41) is 3.37. The standard InChI is InChI=1S/C21H22N2O3S/c1-13(2)15-6-8-16(9-7-15)23-20(24)17(22-21(23)27)11-14-5-10-18(25-3)19(12-14)26-4/h5-13H,1-4H3,(H,22,27)/b17-11-. The van der Waals surface area contributed by atoms with Crippen LogP contribution in [0.2, 0.25) is 0 Å². The molecule has 0 aromatic heterocycles. The average Bonchev–Trinajstić information content (AvgIpc) is 2.94. The van der Waals surface area contributed by atoms with Gasteiger partial charge < -0.3 is 14.8 Å². The van der Waals surface area contributed by atoms with Crippen LogP contribution in [0, 0.1) is 0 Å². The number of rotatable bonds is 5. The third-order valence-electron chi connectivity index (χ3n) is 4.41. The van der Waals surface area contributed by atoms with Crippen LogP contribution >= 0.6 is 12.2 Å². The van der Waals surface area contributed by atoms with Crippen LogP contribution in [-0.2, 0) is 4.79 Å². The van der Waals surface area contributed by atoms with E-state index in [0.29, 0.717) is 28.2 Å². The summed E-state index contributed by atoms with van der Waals surface area (Å²) in [4.78, 5) is 14.4. The van der Waals surface area contributed by atoms with E-state index in [1.54, 1.807) is 26.4 Å². The molecule has 3 rings (SSSR count). The number of carbonyl (C=O) groups is 1. The van der Waals surface area contributed by atoms with Crippen molar-refractivity contribution in [2.75, 3.05) is 19.1 Å². The van der Waals surface area contributed by atoms with Gasteiger partial charge in [-0.25, -0.2) is 0 Å². The molecule has 0 saturated carbocycles. The number of nitrogens with zero attached hydrogens (tertiary/aromatic N) is 1. The van der Waals surface area contributed by atoms with Gasteiger partial charge in [-0.05, 0) is 59.6 Å². The Morgan fingerprint density at radius 3 is 2.30 bits per heavy atom. The van der Waals surface area contributed by atoms with E-state index < -0.39 is 0 Å². The fourth-order valence-corrected chi connectivity index (χ4v) is 3.19. The van der Waals surface area contributed by atoms with Crippen LogP contribution in [0.4, 0.5) is 5.69 Å². The first kappa shape index (κ1) is 18.9. The van der Waals surface area contributed by atoms with Crippen molar-refractivity contribution in [2.45, 2.75) is 19.8 Å². The fourth-order valence-electron chi connectivity index (χ4n) is 2.89. The van der Waals surface area contributed by atoms with E-state index in [4.69, 9.17) is 21.7 Å². The number of hydrogen-bond donors (Lipinski definition) is 1. The van der Waals surface area contributed by atoms with Crippen molar-refractivity contribution in [1.29, 1.82) is 0 Å². The van der Waals surface area contributed by atoms with Crippen LogP contribution in [-0.4, -0.2) is 25.2 Å². The van der Waals surface area contributed by atoms with E-state index in [2.05, 4.69) is 19.2 Å². The summed E-state index contributed by atoms with van der Waals surface area (Å²) in [5.41, 5.74) is 3.19. The highest BCUT2D eigenvalue weighted by atomic mass is 32.1. The van der Waals surface area contributed by atoms with Crippen molar-refractivity contribution in [3.8, 4) is 11.5 Å². The van der Waals surface area contributed by atoms with E-state index in [9.17, 15) is 4.79 Å². The van der Waals surface area contributed by atoms with Gasteiger partial charge in [0.15, 0.2) is 16.6 Å². The maximum atomic E-state index is 12.9. The zero-order chi connectivity index (χ0) is 19.6. The second-order valence-electron chi connectivity index (χ2n) is 6.49. The molecule has 1 heterocycles. The highest BCUT2D eigenvalue weighted by Crippen LogP contribution is 2.29. The van der Waals surface area contributed by atoms with E-state index in [0.717, 1.165) is 11.3 Å². The Morgan fingerprint density at radius 1 is 1.04 bits per heavy atom. The van der Waals surface area contributed by atoms with Gasteiger partial charge in [-0.15, -0.1) is 0 Å². The first-order valence-corrected chi connectivity index (χ1v) is 9.04. The molecular weight excluding hydrogens is 360 g/mol. The SMILES string of the molecule is COc1ccc(/C=C2\NC(=S)N(c3ccc(C(C)C)cc3)C2=O)cc1OC. The molecule has 0 atom stereocenters.